The van der Waals surface area contributed by atoms with Gasteiger partial charge in [0.25, 0.3) is 11.7 Å². The second-order valence-electron chi connectivity index (χ2n) is 6.64. The van der Waals surface area contributed by atoms with E-state index in [0.29, 0.717) is 29.3 Å². The quantitative estimate of drug-likeness (QED) is 0.501. The third-order valence-electron chi connectivity index (χ3n) is 4.43. The predicted molar refractivity (Wildman–Crippen MR) is 115 cm³/mol. The van der Waals surface area contributed by atoms with Crippen molar-refractivity contribution >= 4 is 17.4 Å². The largest absolute Gasteiger partial charge is 0.366 e. The van der Waals surface area contributed by atoms with Gasteiger partial charge in [-0.1, -0.05) is 24.3 Å². The third kappa shape index (κ3) is 4.71. The molecule has 9 nitrogen and oxygen atoms in total. The SMILES string of the molecule is Cc1nccc(NCc2cccc(C(=O)Nc3ccccc3-n3cnc(C#N)n3)c2)n1. The summed E-state index contributed by atoms with van der Waals surface area (Å²) in [6, 6.07) is 18.2. The Morgan fingerprint density at radius 1 is 1.13 bits per heavy atom. The van der Waals surface area contributed by atoms with Crippen molar-refractivity contribution in [3.8, 4) is 11.8 Å². The van der Waals surface area contributed by atoms with Crippen LogP contribution in [-0.4, -0.2) is 30.6 Å². The van der Waals surface area contributed by atoms with Crippen LogP contribution in [0.3, 0.4) is 0 Å². The number of para-hydroxylation sites is 2. The molecule has 31 heavy (non-hydrogen) atoms. The van der Waals surface area contributed by atoms with Crippen LogP contribution >= 0.6 is 0 Å². The van der Waals surface area contributed by atoms with Crippen LogP contribution in [-0.2, 0) is 6.54 Å². The van der Waals surface area contributed by atoms with E-state index in [1.807, 2.05) is 43.3 Å². The standard InChI is InChI=1S/C22H18N8O/c1-15-24-10-9-20(27-15)25-13-16-5-4-6-17(11-16)22(31)28-18-7-2-3-8-19(18)30-14-26-21(12-23)29-30/h2-11,14H,13H2,1H3,(H,28,31)(H,24,25,27). The summed E-state index contributed by atoms with van der Waals surface area (Å²) in [6.07, 6.45) is 3.13. The highest BCUT2D eigenvalue weighted by molar-refractivity contribution is 6.05. The first-order valence-electron chi connectivity index (χ1n) is 9.47. The number of hydrogen-bond acceptors (Lipinski definition) is 7. The lowest BCUT2D eigenvalue weighted by atomic mass is 10.1. The van der Waals surface area contributed by atoms with Crippen LogP contribution in [0.25, 0.3) is 5.69 Å². The molecule has 9 heteroatoms. The number of hydrogen-bond donors (Lipinski definition) is 2. The first-order chi connectivity index (χ1) is 15.1. The summed E-state index contributed by atoms with van der Waals surface area (Å²) in [7, 11) is 0. The maximum Gasteiger partial charge on any atom is 0.255 e. The van der Waals surface area contributed by atoms with Gasteiger partial charge in [-0.05, 0) is 42.8 Å². The van der Waals surface area contributed by atoms with E-state index in [9.17, 15) is 4.79 Å². The minimum absolute atomic E-state index is 0.0558. The number of rotatable bonds is 6. The first-order valence-corrected chi connectivity index (χ1v) is 9.47. The lowest BCUT2D eigenvalue weighted by Gasteiger charge is -2.11. The molecule has 0 saturated heterocycles. The number of nitrogens with one attached hydrogen (secondary N) is 2. The first kappa shape index (κ1) is 19.7. The Hall–Kier alpha value is -4.58. The molecule has 2 heterocycles. The Bertz CT molecular complexity index is 1270. The van der Waals surface area contributed by atoms with Crippen molar-refractivity contribution in [1.82, 2.24) is 24.7 Å². The van der Waals surface area contributed by atoms with Crippen LogP contribution in [0, 0.1) is 18.3 Å². The molecule has 2 N–H and O–H groups in total. The number of aromatic nitrogens is 5. The minimum Gasteiger partial charge on any atom is -0.366 e. The van der Waals surface area contributed by atoms with Gasteiger partial charge in [0, 0.05) is 18.3 Å². The van der Waals surface area contributed by atoms with E-state index < -0.39 is 0 Å². The van der Waals surface area contributed by atoms with Crippen LogP contribution < -0.4 is 10.6 Å². The number of carbonyl (C=O) groups excluding carboxylic acids is 1. The molecule has 0 spiro atoms. The Labute approximate surface area is 178 Å². The Morgan fingerprint density at radius 2 is 2.00 bits per heavy atom. The zero-order valence-corrected chi connectivity index (χ0v) is 16.6. The molecule has 0 atom stereocenters. The van der Waals surface area contributed by atoms with Gasteiger partial charge in [0.15, 0.2) is 0 Å². The van der Waals surface area contributed by atoms with Crippen molar-refractivity contribution in [2.24, 2.45) is 0 Å². The molecule has 0 radical (unpaired) electrons. The Balaban J connectivity index is 1.50. The maximum absolute atomic E-state index is 12.9. The van der Waals surface area contributed by atoms with E-state index in [1.54, 1.807) is 30.5 Å². The highest BCUT2D eigenvalue weighted by Gasteiger charge is 2.12. The van der Waals surface area contributed by atoms with Gasteiger partial charge in [-0.2, -0.15) is 5.26 Å². The number of carbonyl (C=O) groups is 1. The number of benzene rings is 2. The summed E-state index contributed by atoms with van der Waals surface area (Å²) >= 11 is 0. The molecular weight excluding hydrogens is 392 g/mol. The molecule has 2 aromatic heterocycles. The molecule has 0 aliphatic rings. The summed E-state index contributed by atoms with van der Waals surface area (Å²) in [6.45, 7) is 2.35. The Kier molecular flexibility index (Phi) is 5.62. The number of nitriles is 1. The minimum atomic E-state index is -0.257. The van der Waals surface area contributed by atoms with Crippen LogP contribution in [0.4, 0.5) is 11.5 Å². The van der Waals surface area contributed by atoms with Crippen LogP contribution in [0.5, 0.6) is 0 Å². The molecular formula is C22H18N8O. The average molecular weight is 410 g/mol. The highest BCUT2D eigenvalue weighted by Crippen LogP contribution is 2.20. The van der Waals surface area contributed by atoms with Crippen molar-refractivity contribution < 1.29 is 4.79 Å². The molecule has 0 fully saturated rings. The van der Waals surface area contributed by atoms with Gasteiger partial charge >= 0.3 is 0 Å². The smallest absolute Gasteiger partial charge is 0.255 e. The zero-order chi connectivity index (χ0) is 21.6. The number of amides is 1. The second kappa shape index (κ2) is 8.84. The van der Waals surface area contributed by atoms with E-state index in [0.717, 1.165) is 11.4 Å². The monoisotopic (exact) mass is 410 g/mol. The molecule has 4 aromatic rings. The van der Waals surface area contributed by atoms with Gasteiger partial charge in [-0.25, -0.2) is 19.6 Å². The van der Waals surface area contributed by atoms with Gasteiger partial charge in [0.2, 0.25) is 0 Å². The molecule has 0 aliphatic carbocycles. The molecule has 0 unspecified atom stereocenters. The van der Waals surface area contributed by atoms with Crippen molar-refractivity contribution in [2.75, 3.05) is 10.6 Å². The van der Waals surface area contributed by atoms with Crippen LogP contribution in [0.2, 0.25) is 0 Å². The second-order valence-corrected chi connectivity index (χ2v) is 6.64. The average Bonchev–Trinajstić information content (AvgIpc) is 3.27. The summed E-state index contributed by atoms with van der Waals surface area (Å²) in [5.74, 6) is 1.21. The van der Waals surface area contributed by atoms with Gasteiger partial charge in [0.1, 0.15) is 24.0 Å². The van der Waals surface area contributed by atoms with E-state index in [2.05, 4.69) is 30.7 Å². The van der Waals surface area contributed by atoms with E-state index in [-0.39, 0.29) is 11.7 Å². The molecule has 0 saturated carbocycles. The summed E-state index contributed by atoms with van der Waals surface area (Å²) < 4.78 is 1.46. The fourth-order valence-corrected chi connectivity index (χ4v) is 2.97. The number of nitrogens with zero attached hydrogens (tertiary/aromatic N) is 6. The summed E-state index contributed by atoms with van der Waals surface area (Å²) in [4.78, 5) is 25.2. The normalized spacial score (nSPS) is 10.3. The summed E-state index contributed by atoms with van der Waals surface area (Å²) in [5, 5.41) is 19.2. The van der Waals surface area contributed by atoms with Gasteiger partial charge in [-0.3, -0.25) is 4.79 Å². The molecule has 152 valence electrons. The Morgan fingerprint density at radius 3 is 2.81 bits per heavy atom. The molecule has 4 rings (SSSR count). The number of anilines is 2. The lowest BCUT2D eigenvalue weighted by molar-refractivity contribution is 0.102. The van der Waals surface area contributed by atoms with E-state index in [4.69, 9.17) is 5.26 Å². The van der Waals surface area contributed by atoms with Crippen LogP contribution in [0.1, 0.15) is 27.6 Å². The topological polar surface area (TPSA) is 121 Å². The van der Waals surface area contributed by atoms with E-state index >= 15 is 0 Å². The van der Waals surface area contributed by atoms with Crippen molar-refractivity contribution in [3.63, 3.8) is 0 Å². The molecule has 0 aliphatic heterocycles. The van der Waals surface area contributed by atoms with Gasteiger partial charge in [-0.15, -0.1) is 5.10 Å². The molecule has 2 aromatic carbocycles. The molecule has 0 bridgehead atoms. The maximum atomic E-state index is 12.9. The molecule has 1 amide bonds. The summed E-state index contributed by atoms with van der Waals surface area (Å²) in [5.41, 5.74) is 2.63. The predicted octanol–water partition coefficient (Wildman–Crippen LogP) is 3.10. The van der Waals surface area contributed by atoms with Crippen molar-refractivity contribution in [3.05, 3.63) is 89.9 Å². The zero-order valence-electron chi connectivity index (χ0n) is 16.6. The van der Waals surface area contributed by atoms with Crippen molar-refractivity contribution in [1.29, 1.82) is 5.26 Å². The van der Waals surface area contributed by atoms with Crippen LogP contribution in [0.15, 0.2) is 67.1 Å². The fraction of sp³-hybridized carbons (Fsp3) is 0.0909. The van der Waals surface area contributed by atoms with Gasteiger partial charge < -0.3 is 10.6 Å². The third-order valence-corrected chi connectivity index (χ3v) is 4.43. The highest BCUT2D eigenvalue weighted by atomic mass is 16.1. The fourth-order valence-electron chi connectivity index (χ4n) is 2.97. The number of aryl methyl sites for hydroxylation is 1. The van der Waals surface area contributed by atoms with Crippen molar-refractivity contribution in [2.45, 2.75) is 13.5 Å². The lowest BCUT2D eigenvalue weighted by Crippen LogP contribution is -2.14. The van der Waals surface area contributed by atoms with Gasteiger partial charge in [0.05, 0.1) is 11.4 Å². The van der Waals surface area contributed by atoms with E-state index in [1.165, 1.54) is 11.0 Å².